The topological polar surface area (TPSA) is 60.6 Å². The number of hydrogen-bond acceptors (Lipinski definition) is 4. The zero-order chi connectivity index (χ0) is 13.6. The summed E-state index contributed by atoms with van der Waals surface area (Å²) in [5.74, 6) is 0. The van der Waals surface area contributed by atoms with Crippen molar-refractivity contribution in [3.63, 3.8) is 0 Å². The average molecular weight is 274 g/mol. The first-order valence-corrected chi connectivity index (χ1v) is 7.51. The molecule has 0 atom stereocenters. The Morgan fingerprint density at radius 1 is 1.25 bits per heavy atom. The fourth-order valence-corrected chi connectivity index (χ4v) is 2.78. The third kappa shape index (κ3) is 3.45. The highest BCUT2D eigenvalue weighted by atomic mass is 15.4. The van der Waals surface area contributed by atoms with Gasteiger partial charge in [-0.3, -0.25) is 9.36 Å². The lowest BCUT2D eigenvalue weighted by Crippen LogP contribution is -2.17. The van der Waals surface area contributed by atoms with E-state index in [0.717, 1.165) is 31.7 Å². The van der Waals surface area contributed by atoms with Gasteiger partial charge in [-0.05, 0) is 31.9 Å². The Morgan fingerprint density at radius 3 is 2.95 bits per heavy atom. The summed E-state index contributed by atoms with van der Waals surface area (Å²) in [6.45, 7) is 2.72. The van der Waals surface area contributed by atoms with E-state index in [1.807, 2.05) is 10.9 Å². The summed E-state index contributed by atoms with van der Waals surface area (Å²) in [7, 11) is 0. The van der Waals surface area contributed by atoms with Crippen LogP contribution in [0.2, 0.25) is 0 Å². The highest BCUT2D eigenvalue weighted by Crippen LogP contribution is 2.28. The lowest BCUT2D eigenvalue weighted by Gasteiger charge is -2.09. The van der Waals surface area contributed by atoms with Crippen molar-refractivity contribution in [2.75, 3.05) is 6.54 Å². The van der Waals surface area contributed by atoms with Gasteiger partial charge in [-0.15, -0.1) is 5.10 Å². The van der Waals surface area contributed by atoms with Crippen molar-refractivity contribution in [3.8, 4) is 0 Å². The van der Waals surface area contributed by atoms with Crippen LogP contribution in [0.15, 0.2) is 24.7 Å². The van der Waals surface area contributed by atoms with Gasteiger partial charge < -0.3 is 5.32 Å². The highest BCUT2D eigenvalue weighted by molar-refractivity contribution is 4.99. The van der Waals surface area contributed by atoms with Crippen LogP contribution in [-0.4, -0.2) is 31.3 Å². The predicted molar refractivity (Wildman–Crippen MR) is 76.1 cm³/mol. The molecule has 0 aromatic carbocycles. The fraction of sp³-hybridized carbons (Fsp3) is 0.643. The van der Waals surface area contributed by atoms with Crippen molar-refractivity contribution in [3.05, 3.63) is 30.4 Å². The zero-order valence-corrected chi connectivity index (χ0v) is 11.8. The van der Waals surface area contributed by atoms with Crippen LogP contribution in [0.1, 0.15) is 43.8 Å². The Morgan fingerprint density at radius 2 is 2.15 bits per heavy atom. The molecule has 0 saturated heterocycles. The molecule has 20 heavy (non-hydrogen) atoms. The van der Waals surface area contributed by atoms with E-state index in [-0.39, 0.29) is 0 Å². The van der Waals surface area contributed by atoms with E-state index in [2.05, 4.69) is 37.7 Å². The van der Waals surface area contributed by atoms with Crippen molar-refractivity contribution in [2.45, 2.75) is 51.2 Å². The smallest absolute Gasteiger partial charge is 0.0762 e. The number of nitrogens with zero attached hydrogens (tertiary/aromatic N) is 5. The molecule has 0 aliphatic heterocycles. The maximum Gasteiger partial charge on any atom is 0.0762 e. The van der Waals surface area contributed by atoms with Crippen LogP contribution in [0, 0.1) is 0 Å². The molecule has 2 aromatic rings. The van der Waals surface area contributed by atoms with Gasteiger partial charge >= 0.3 is 0 Å². The van der Waals surface area contributed by atoms with E-state index < -0.39 is 0 Å². The lowest BCUT2D eigenvalue weighted by atomic mass is 10.3. The molecule has 6 nitrogen and oxygen atoms in total. The standard InChI is InChI=1S/C14H22N6/c1-2-5-14(4-1)20-10-6-13(17-20)12-15-7-3-9-19-11-8-16-18-19/h6,8,10-11,14-15H,1-5,7,9,12H2. The quantitative estimate of drug-likeness (QED) is 0.782. The van der Waals surface area contributed by atoms with Crippen molar-refractivity contribution in [1.82, 2.24) is 30.1 Å². The summed E-state index contributed by atoms with van der Waals surface area (Å²) >= 11 is 0. The van der Waals surface area contributed by atoms with E-state index >= 15 is 0 Å². The summed E-state index contributed by atoms with van der Waals surface area (Å²) in [5.41, 5.74) is 1.14. The molecule has 1 aliphatic carbocycles. The minimum Gasteiger partial charge on any atom is -0.311 e. The van der Waals surface area contributed by atoms with Crippen molar-refractivity contribution in [1.29, 1.82) is 0 Å². The summed E-state index contributed by atoms with van der Waals surface area (Å²) in [5, 5.41) is 15.8. The molecule has 1 saturated carbocycles. The lowest BCUT2D eigenvalue weighted by molar-refractivity contribution is 0.459. The van der Waals surface area contributed by atoms with E-state index in [1.54, 1.807) is 6.20 Å². The molecule has 2 heterocycles. The molecule has 3 rings (SSSR count). The van der Waals surface area contributed by atoms with Crippen LogP contribution >= 0.6 is 0 Å². The molecule has 0 amide bonds. The maximum atomic E-state index is 4.67. The molecule has 0 spiro atoms. The molecule has 0 bridgehead atoms. The average Bonchev–Trinajstić information content (AvgIpc) is 3.21. The van der Waals surface area contributed by atoms with Crippen LogP contribution in [0.25, 0.3) is 0 Å². The van der Waals surface area contributed by atoms with Gasteiger partial charge in [0.2, 0.25) is 0 Å². The van der Waals surface area contributed by atoms with Crippen molar-refractivity contribution in [2.24, 2.45) is 0 Å². The second kappa shape index (κ2) is 6.65. The summed E-state index contributed by atoms with van der Waals surface area (Å²) in [4.78, 5) is 0. The molecule has 0 unspecified atom stereocenters. The minimum atomic E-state index is 0.635. The van der Waals surface area contributed by atoms with Gasteiger partial charge in [0, 0.05) is 25.5 Å². The third-order valence-electron chi connectivity index (χ3n) is 3.88. The summed E-state index contributed by atoms with van der Waals surface area (Å²) in [6.07, 6.45) is 12.0. The van der Waals surface area contributed by atoms with Crippen LogP contribution in [-0.2, 0) is 13.1 Å². The number of nitrogens with one attached hydrogen (secondary N) is 1. The van der Waals surface area contributed by atoms with E-state index in [0.29, 0.717) is 6.04 Å². The van der Waals surface area contributed by atoms with Crippen LogP contribution in [0.4, 0.5) is 0 Å². The maximum absolute atomic E-state index is 4.67. The van der Waals surface area contributed by atoms with Gasteiger partial charge in [0.15, 0.2) is 0 Å². The first-order valence-electron chi connectivity index (χ1n) is 7.51. The van der Waals surface area contributed by atoms with E-state index in [1.165, 1.54) is 25.7 Å². The Kier molecular flexibility index (Phi) is 4.42. The summed E-state index contributed by atoms with van der Waals surface area (Å²) in [6, 6.07) is 2.76. The molecular weight excluding hydrogens is 252 g/mol. The van der Waals surface area contributed by atoms with Gasteiger partial charge in [-0.25, -0.2) is 0 Å². The van der Waals surface area contributed by atoms with Gasteiger partial charge in [-0.1, -0.05) is 18.1 Å². The fourth-order valence-electron chi connectivity index (χ4n) is 2.78. The van der Waals surface area contributed by atoms with Crippen molar-refractivity contribution >= 4 is 0 Å². The molecule has 6 heteroatoms. The van der Waals surface area contributed by atoms with Gasteiger partial charge in [0.05, 0.1) is 17.9 Å². The van der Waals surface area contributed by atoms with Gasteiger partial charge in [0.1, 0.15) is 0 Å². The Labute approximate surface area is 119 Å². The second-order valence-electron chi connectivity index (χ2n) is 5.42. The van der Waals surface area contributed by atoms with E-state index in [4.69, 9.17) is 0 Å². The monoisotopic (exact) mass is 274 g/mol. The second-order valence-corrected chi connectivity index (χ2v) is 5.42. The van der Waals surface area contributed by atoms with Crippen LogP contribution in [0.5, 0.6) is 0 Å². The zero-order valence-electron chi connectivity index (χ0n) is 11.8. The number of aryl methyl sites for hydroxylation is 1. The highest BCUT2D eigenvalue weighted by Gasteiger charge is 2.17. The molecular formula is C14H22N6. The number of rotatable bonds is 7. The SMILES string of the molecule is c1cn(CCCNCc2ccn(C3CCCC3)n2)nn1. The Bertz CT molecular complexity index is 497. The van der Waals surface area contributed by atoms with E-state index in [9.17, 15) is 0 Å². The number of hydrogen-bond donors (Lipinski definition) is 1. The largest absolute Gasteiger partial charge is 0.311 e. The Balaban J connectivity index is 1.36. The van der Waals surface area contributed by atoms with Gasteiger partial charge in [-0.2, -0.15) is 5.10 Å². The summed E-state index contributed by atoms with van der Waals surface area (Å²) < 4.78 is 4.01. The normalized spacial score (nSPS) is 16.0. The molecule has 0 radical (unpaired) electrons. The third-order valence-corrected chi connectivity index (χ3v) is 3.88. The number of aromatic nitrogens is 5. The minimum absolute atomic E-state index is 0.635. The van der Waals surface area contributed by atoms with Crippen molar-refractivity contribution < 1.29 is 0 Å². The van der Waals surface area contributed by atoms with Crippen LogP contribution < -0.4 is 5.32 Å². The molecule has 108 valence electrons. The van der Waals surface area contributed by atoms with Gasteiger partial charge in [0.25, 0.3) is 0 Å². The molecule has 1 fully saturated rings. The Hall–Kier alpha value is -1.69. The predicted octanol–water partition coefficient (Wildman–Crippen LogP) is 1.77. The molecule has 2 aromatic heterocycles. The first kappa shape index (κ1) is 13.3. The first-order chi connectivity index (χ1) is 9.92. The molecule has 1 aliphatic rings. The van der Waals surface area contributed by atoms with Crippen LogP contribution in [0.3, 0.4) is 0 Å². The molecule has 1 N–H and O–H groups in total.